The standard InChI is InChI=1S/C15H11ClN2/c16-12-5-6-14(17)13(9-12)11-4-3-10-2-1-7-18-15(10)8-11/h1-9H,17H2. The molecule has 0 atom stereocenters. The Morgan fingerprint density at radius 3 is 2.78 bits per heavy atom. The number of aromatic nitrogens is 1. The van der Waals surface area contributed by atoms with Crippen molar-refractivity contribution in [1.82, 2.24) is 4.98 Å². The van der Waals surface area contributed by atoms with Crippen molar-refractivity contribution >= 4 is 28.2 Å². The van der Waals surface area contributed by atoms with Gasteiger partial charge in [-0.3, -0.25) is 4.98 Å². The Hall–Kier alpha value is -2.06. The Morgan fingerprint density at radius 2 is 1.89 bits per heavy atom. The maximum Gasteiger partial charge on any atom is 0.0708 e. The monoisotopic (exact) mass is 254 g/mol. The number of anilines is 1. The SMILES string of the molecule is Nc1ccc(Cl)cc1-c1ccc2cccnc2c1. The van der Waals surface area contributed by atoms with E-state index in [1.807, 2.05) is 42.5 Å². The zero-order valence-corrected chi connectivity index (χ0v) is 10.4. The van der Waals surface area contributed by atoms with Crippen LogP contribution < -0.4 is 5.73 Å². The third-order valence-electron chi connectivity index (χ3n) is 2.93. The molecule has 0 spiro atoms. The number of benzene rings is 2. The molecule has 18 heavy (non-hydrogen) atoms. The molecular weight excluding hydrogens is 244 g/mol. The first-order chi connectivity index (χ1) is 8.74. The third-order valence-corrected chi connectivity index (χ3v) is 3.17. The van der Waals surface area contributed by atoms with Crippen molar-refractivity contribution in [2.45, 2.75) is 0 Å². The first kappa shape index (κ1) is 11.1. The van der Waals surface area contributed by atoms with Gasteiger partial charge in [-0.15, -0.1) is 0 Å². The summed E-state index contributed by atoms with van der Waals surface area (Å²) in [6.07, 6.45) is 1.79. The molecule has 88 valence electrons. The lowest BCUT2D eigenvalue weighted by molar-refractivity contribution is 1.41. The van der Waals surface area contributed by atoms with Crippen LogP contribution in [0, 0.1) is 0 Å². The van der Waals surface area contributed by atoms with Crippen molar-refractivity contribution in [3.8, 4) is 11.1 Å². The van der Waals surface area contributed by atoms with E-state index >= 15 is 0 Å². The van der Waals surface area contributed by atoms with Crippen LogP contribution in [0.15, 0.2) is 54.7 Å². The highest BCUT2D eigenvalue weighted by Crippen LogP contribution is 2.30. The minimum absolute atomic E-state index is 0.681. The molecule has 1 heterocycles. The van der Waals surface area contributed by atoms with Crippen LogP contribution in [0.1, 0.15) is 0 Å². The molecule has 2 nitrogen and oxygen atoms in total. The van der Waals surface area contributed by atoms with Crippen LogP contribution in [0.25, 0.3) is 22.0 Å². The third kappa shape index (κ3) is 1.91. The van der Waals surface area contributed by atoms with Crippen molar-refractivity contribution in [1.29, 1.82) is 0 Å². The molecule has 0 unspecified atom stereocenters. The molecule has 0 radical (unpaired) electrons. The summed E-state index contributed by atoms with van der Waals surface area (Å²) in [4.78, 5) is 4.35. The molecule has 0 bridgehead atoms. The van der Waals surface area contributed by atoms with Crippen LogP contribution in [0.2, 0.25) is 5.02 Å². The highest BCUT2D eigenvalue weighted by Gasteiger charge is 2.05. The van der Waals surface area contributed by atoms with Gasteiger partial charge < -0.3 is 5.73 Å². The number of fused-ring (bicyclic) bond motifs is 1. The fraction of sp³-hybridized carbons (Fsp3) is 0. The number of halogens is 1. The molecular formula is C15H11ClN2. The number of nitrogen functional groups attached to an aromatic ring is 1. The van der Waals surface area contributed by atoms with Gasteiger partial charge in [0.2, 0.25) is 0 Å². The average molecular weight is 255 g/mol. The zero-order valence-electron chi connectivity index (χ0n) is 9.60. The van der Waals surface area contributed by atoms with Crippen LogP contribution in [0.3, 0.4) is 0 Å². The maximum atomic E-state index is 6.01. The van der Waals surface area contributed by atoms with E-state index in [9.17, 15) is 0 Å². The van der Waals surface area contributed by atoms with Crippen molar-refractivity contribution in [2.75, 3.05) is 5.73 Å². The van der Waals surface area contributed by atoms with Crippen molar-refractivity contribution in [3.63, 3.8) is 0 Å². The van der Waals surface area contributed by atoms with E-state index in [0.29, 0.717) is 5.02 Å². The minimum Gasteiger partial charge on any atom is -0.398 e. The number of nitrogens with zero attached hydrogens (tertiary/aromatic N) is 1. The fourth-order valence-electron chi connectivity index (χ4n) is 2.01. The Balaban J connectivity index is 2.22. The molecule has 0 fully saturated rings. The van der Waals surface area contributed by atoms with E-state index < -0.39 is 0 Å². The van der Waals surface area contributed by atoms with Gasteiger partial charge in [-0.25, -0.2) is 0 Å². The van der Waals surface area contributed by atoms with E-state index in [2.05, 4.69) is 4.98 Å². The van der Waals surface area contributed by atoms with Gasteiger partial charge in [-0.05, 0) is 35.9 Å². The van der Waals surface area contributed by atoms with Crippen molar-refractivity contribution in [3.05, 3.63) is 59.8 Å². The molecule has 0 saturated carbocycles. The maximum absolute atomic E-state index is 6.01. The second-order valence-electron chi connectivity index (χ2n) is 4.14. The van der Waals surface area contributed by atoms with E-state index in [-0.39, 0.29) is 0 Å². The Bertz CT molecular complexity index is 723. The molecule has 0 saturated heterocycles. The second kappa shape index (κ2) is 4.31. The Kier molecular flexibility index (Phi) is 2.65. The molecule has 0 amide bonds. The van der Waals surface area contributed by atoms with E-state index in [1.54, 1.807) is 12.3 Å². The summed E-state index contributed by atoms with van der Waals surface area (Å²) < 4.78 is 0. The second-order valence-corrected chi connectivity index (χ2v) is 4.58. The Labute approximate surface area is 110 Å². The molecule has 3 rings (SSSR count). The fourth-order valence-corrected chi connectivity index (χ4v) is 2.18. The first-order valence-electron chi connectivity index (χ1n) is 5.64. The lowest BCUT2D eigenvalue weighted by atomic mass is 10.0. The van der Waals surface area contributed by atoms with E-state index in [1.165, 1.54) is 0 Å². The van der Waals surface area contributed by atoms with Crippen molar-refractivity contribution in [2.24, 2.45) is 0 Å². The van der Waals surface area contributed by atoms with Crippen LogP contribution in [0.5, 0.6) is 0 Å². The lowest BCUT2D eigenvalue weighted by Crippen LogP contribution is -1.90. The minimum atomic E-state index is 0.681. The number of nitrogens with two attached hydrogens (primary N) is 1. The van der Waals surface area contributed by atoms with Gasteiger partial charge >= 0.3 is 0 Å². The molecule has 3 heteroatoms. The molecule has 0 aliphatic heterocycles. The molecule has 0 aliphatic rings. The van der Waals surface area contributed by atoms with Gasteiger partial charge in [-0.1, -0.05) is 29.8 Å². The summed E-state index contributed by atoms with van der Waals surface area (Å²) in [7, 11) is 0. The average Bonchev–Trinajstić information content (AvgIpc) is 2.41. The van der Waals surface area contributed by atoms with Crippen LogP contribution >= 0.6 is 11.6 Å². The predicted octanol–water partition coefficient (Wildman–Crippen LogP) is 4.14. The van der Waals surface area contributed by atoms with Crippen LogP contribution in [-0.4, -0.2) is 4.98 Å². The predicted molar refractivity (Wildman–Crippen MR) is 76.6 cm³/mol. The number of pyridine rings is 1. The molecule has 2 aromatic carbocycles. The highest BCUT2D eigenvalue weighted by atomic mass is 35.5. The quantitative estimate of drug-likeness (QED) is 0.663. The van der Waals surface area contributed by atoms with Gasteiger partial charge in [0.15, 0.2) is 0 Å². The van der Waals surface area contributed by atoms with Gasteiger partial charge in [0, 0.05) is 27.9 Å². The van der Waals surface area contributed by atoms with E-state index in [0.717, 1.165) is 27.7 Å². The van der Waals surface area contributed by atoms with Gasteiger partial charge in [-0.2, -0.15) is 0 Å². The summed E-state index contributed by atoms with van der Waals surface area (Å²) in [5.41, 5.74) is 9.63. The van der Waals surface area contributed by atoms with Gasteiger partial charge in [0.25, 0.3) is 0 Å². The smallest absolute Gasteiger partial charge is 0.0708 e. The van der Waals surface area contributed by atoms with Crippen molar-refractivity contribution < 1.29 is 0 Å². The summed E-state index contributed by atoms with van der Waals surface area (Å²) in [6, 6.07) is 15.5. The number of rotatable bonds is 1. The Morgan fingerprint density at radius 1 is 1.00 bits per heavy atom. The normalized spacial score (nSPS) is 10.7. The summed E-state index contributed by atoms with van der Waals surface area (Å²) in [5.74, 6) is 0. The number of hydrogen-bond acceptors (Lipinski definition) is 2. The number of hydrogen-bond donors (Lipinski definition) is 1. The molecule has 0 aliphatic carbocycles. The largest absolute Gasteiger partial charge is 0.398 e. The zero-order chi connectivity index (χ0) is 12.5. The highest BCUT2D eigenvalue weighted by molar-refractivity contribution is 6.31. The lowest BCUT2D eigenvalue weighted by Gasteiger charge is -2.07. The van der Waals surface area contributed by atoms with Crippen LogP contribution in [-0.2, 0) is 0 Å². The van der Waals surface area contributed by atoms with Gasteiger partial charge in [0.05, 0.1) is 5.52 Å². The topological polar surface area (TPSA) is 38.9 Å². The summed E-state index contributed by atoms with van der Waals surface area (Å²) >= 11 is 6.01. The summed E-state index contributed by atoms with van der Waals surface area (Å²) in [6.45, 7) is 0. The summed E-state index contributed by atoms with van der Waals surface area (Å²) in [5, 5.41) is 1.79. The van der Waals surface area contributed by atoms with Crippen LogP contribution in [0.4, 0.5) is 5.69 Å². The van der Waals surface area contributed by atoms with Gasteiger partial charge in [0.1, 0.15) is 0 Å². The molecule has 3 aromatic rings. The first-order valence-corrected chi connectivity index (χ1v) is 6.02. The van der Waals surface area contributed by atoms with E-state index in [4.69, 9.17) is 17.3 Å². The molecule has 1 aromatic heterocycles. The molecule has 2 N–H and O–H groups in total.